The van der Waals surface area contributed by atoms with Crippen molar-refractivity contribution in [2.24, 2.45) is 40.4 Å². The zero-order chi connectivity index (χ0) is 21.9. The van der Waals surface area contributed by atoms with Gasteiger partial charge in [-0.25, -0.2) is 0 Å². The van der Waals surface area contributed by atoms with Crippen molar-refractivity contribution in [1.82, 2.24) is 0 Å². The molecule has 0 aromatic rings. The first-order valence-electron chi connectivity index (χ1n) is 13.4. The van der Waals surface area contributed by atoms with E-state index in [-0.39, 0.29) is 11.9 Å². The number of hydrogen-bond acceptors (Lipinski definition) is 3. The number of aliphatic hydroxyl groups is 1. The van der Waals surface area contributed by atoms with Crippen LogP contribution in [0.15, 0.2) is 11.6 Å². The van der Waals surface area contributed by atoms with Crippen molar-refractivity contribution >= 4 is 0 Å². The second-order valence-electron chi connectivity index (χ2n) is 12.6. The summed E-state index contributed by atoms with van der Waals surface area (Å²) < 4.78 is 11.7. The highest BCUT2D eigenvalue weighted by Crippen LogP contribution is 2.67. The predicted molar refractivity (Wildman–Crippen MR) is 125 cm³/mol. The fourth-order valence-corrected chi connectivity index (χ4v) is 9.26. The van der Waals surface area contributed by atoms with E-state index in [9.17, 15) is 5.11 Å². The zero-order valence-corrected chi connectivity index (χ0v) is 20.5. The van der Waals surface area contributed by atoms with Gasteiger partial charge in [0.05, 0.1) is 19.3 Å². The number of hydrogen-bond donors (Lipinski definition) is 1. The van der Waals surface area contributed by atoms with Gasteiger partial charge in [0.2, 0.25) is 0 Å². The summed E-state index contributed by atoms with van der Waals surface area (Å²) >= 11 is 0. The van der Waals surface area contributed by atoms with Gasteiger partial charge in [0, 0.05) is 6.42 Å². The number of ether oxygens (including phenoxy) is 2. The van der Waals surface area contributed by atoms with Crippen molar-refractivity contribution < 1.29 is 14.6 Å². The predicted octanol–water partition coefficient (Wildman–Crippen LogP) is 6.50. The van der Waals surface area contributed by atoms with Crippen LogP contribution in [0.25, 0.3) is 0 Å². The van der Waals surface area contributed by atoms with Gasteiger partial charge in [0.1, 0.15) is 0 Å². The molecule has 4 fully saturated rings. The summed E-state index contributed by atoms with van der Waals surface area (Å²) in [5, 5.41) is 10.2. The van der Waals surface area contributed by atoms with E-state index in [0.29, 0.717) is 10.8 Å². The van der Waals surface area contributed by atoms with Crippen molar-refractivity contribution in [2.45, 2.75) is 110 Å². The van der Waals surface area contributed by atoms with Crippen molar-refractivity contribution in [3.8, 4) is 0 Å². The fourth-order valence-electron chi connectivity index (χ4n) is 9.26. The summed E-state index contributed by atoms with van der Waals surface area (Å²) in [5.41, 5.74) is 2.49. The van der Waals surface area contributed by atoms with E-state index in [4.69, 9.17) is 9.47 Å². The van der Waals surface area contributed by atoms with Crippen LogP contribution >= 0.6 is 0 Å². The van der Waals surface area contributed by atoms with Crippen molar-refractivity contribution in [2.75, 3.05) is 13.2 Å². The van der Waals surface area contributed by atoms with Gasteiger partial charge in [0.15, 0.2) is 5.79 Å². The van der Waals surface area contributed by atoms with E-state index in [1.165, 1.54) is 51.4 Å². The van der Waals surface area contributed by atoms with Crippen LogP contribution in [0.3, 0.4) is 0 Å². The Labute approximate surface area is 190 Å². The van der Waals surface area contributed by atoms with Crippen LogP contribution in [-0.4, -0.2) is 30.2 Å². The second kappa shape index (κ2) is 8.13. The van der Waals surface area contributed by atoms with Gasteiger partial charge in [-0.15, -0.1) is 0 Å². The molecule has 0 bridgehead atoms. The molecular formula is C28H46O3. The molecule has 176 valence electrons. The SMILES string of the molecule is CC(CCCC1(C)OCCO1)C1CCC2C3CC=C4CC(O)CCC4(C)C3CCC12C. The Morgan fingerprint density at radius 2 is 1.81 bits per heavy atom. The highest BCUT2D eigenvalue weighted by Gasteiger charge is 2.59. The lowest BCUT2D eigenvalue weighted by atomic mass is 9.47. The third kappa shape index (κ3) is 3.75. The second-order valence-corrected chi connectivity index (χ2v) is 12.6. The molecule has 8 atom stereocenters. The minimum Gasteiger partial charge on any atom is -0.393 e. The maximum Gasteiger partial charge on any atom is 0.165 e. The largest absolute Gasteiger partial charge is 0.393 e. The van der Waals surface area contributed by atoms with E-state index in [1.807, 2.05) is 0 Å². The molecule has 5 rings (SSSR count). The average molecular weight is 431 g/mol. The first-order valence-corrected chi connectivity index (χ1v) is 13.4. The van der Waals surface area contributed by atoms with Gasteiger partial charge >= 0.3 is 0 Å². The molecule has 1 N–H and O–H groups in total. The van der Waals surface area contributed by atoms with E-state index >= 15 is 0 Å². The molecule has 0 amide bonds. The summed E-state index contributed by atoms with van der Waals surface area (Å²) in [7, 11) is 0. The third-order valence-corrected chi connectivity index (χ3v) is 11.0. The first-order chi connectivity index (χ1) is 14.8. The molecule has 1 saturated heterocycles. The highest BCUT2D eigenvalue weighted by atomic mass is 16.7. The van der Waals surface area contributed by atoms with Crippen LogP contribution in [-0.2, 0) is 9.47 Å². The molecule has 4 aliphatic carbocycles. The summed E-state index contributed by atoms with van der Waals surface area (Å²) in [6.07, 6.45) is 16.2. The summed E-state index contributed by atoms with van der Waals surface area (Å²) in [6.45, 7) is 11.4. The molecule has 31 heavy (non-hydrogen) atoms. The van der Waals surface area contributed by atoms with Crippen molar-refractivity contribution in [3.63, 3.8) is 0 Å². The maximum atomic E-state index is 10.2. The quantitative estimate of drug-likeness (QED) is 0.506. The van der Waals surface area contributed by atoms with Gasteiger partial charge in [-0.1, -0.05) is 38.8 Å². The molecule has 1 heterocycles. The summed E-state index contributed by atoms with van der Waals surface area (Å²) in [4.78, 5) is 0. The molecule has 3 saturated carbocycles. The van der Waals surface area contributed by atoms with E-state index in [1.54, 1.807) is 5.57 Å². The number of fused-ring (bicyclic) bond motifs is 5. The van der Waals surface area contributed by atoms with Crippen molar-refractivity contribution in [3.05, 3.63) is 11.6 Å². The molecular weight excluding hydrogens is 384 g/mol. The number of rotatable bonds is 5. The van der Waals surface area contributed by atoms with Crippen LogP contribution in [0.5, 0.6) is 0 Å². The number of aliphatic hydroxyl groups excluding tert-OH is 1. The molecule has 8 unspecified atom stereocenters. The first kappa shape index (κ1) is 22.4. The standard InChI is InChI=1S/C28H46O3/c1-19(6-5-13-28(4)30-16-17-31-28)23-9-10-24-22-8-7-20-18-21(29)11-14-26(20,2)25(22)12-15-27(23,24)3/h7,19,21-25,29H,5-6,8-18H2,1-4H3. The minimum atomic E-state index is -0.324. The lowest BCUT2D eigenvalue weighted by Gasteiger charge is -2.58. The van der Waals surface area contributed by atoms with E-state index < -0.39 is 0 Å². The van der Waals surface area contributed by atoms with Crippen LogP contribution in [0.4, 0.5) is 0 Å². The molecule has 0 aromatic heterocycles. The zero-order valence-electron chi connectivity index (χ0n) is 20.5. The fraction of sp³-hybridized carbons (Fsp3) is 0.929. The Morgan fingerprint density at radius 1 is 1.03 bits per heavy atom. The molecule has 3 heteroatoms. The lowest BCUT2D eigenvalue weighted by Crippen LogP contribution is -2.50. The topological polar surface area (TPSA) is 38.7 Å². The van der Waals surface area contributed by atoms with Crippen molar-refractivity contribution in [1.29, 1.82) is 0 Å². The van der Waals surface area contributed by atoms with Gasteiger partial charge in [-0.3, -0.25) is 0 Å². The summed E-state index contributed by atoms with van der Waals surface area (Å²) in [6, 6.07) is 0. The van der Waals surface area contributed by atoms with Crippen LogP contribution in [0.2, 0.25) is 0 Å². The normalized spacial score (nSPS) is 47.3. The molecule has 0 radical (unpaired) electrons. The number of allylic oxidation sites excluding steroid dienone is 1. The van der Waals surface area contributed by atoms with E-state index in [2.05, 4.69) is 33.8 Å². The average Bonchev–Trinajstić information content (AvgIpc) is 3.31. The van der Waals surface area contributed by atoms with Gasteiger partial charge in [-0.2, -0.15) is 0 Å². The monoisotopic (exact) mass is 430 g/mol. The van der Waals surface area contributed by atoms with Crippen LogP contribution in [0.1, 0.15) is 98.3 Å². The Balaban J connectivity index is 1.25. The van der Waals surface area contributed by atoms with Crippen LogP contribution in [0, 0.1) is 40.4 Å². The van der Waals surface area contributed by atoms with Gasteiger partial charge < -0.3 is 14.6 Å². The Kier molecular flexibility index (Phi) is 5.88. The van der Waals surface area contributed by atoms with Gasteiger partial charge in [0.25, 0.3) is 0 Å². The Hall–Kier alpha value is -0.380. The Bertz CT molecular complexity index is 694. The van der Waals surface area contributed by atoms with E-state index in [0.717, 1.165) is 62.1 Å². The summed E-state index contributed by atoms with van der Waals surface area (Å²) in [5.74, 6) is 3.98. The third-order valence-electron chi connectivity index (χ3n) is 11.0. The molecule has 3 nitrogen and oxygen atoms in total. The van der Waals surface area contributed by atoms with Gasteiger partial charge in [-0.05, 0) is 105 Å². The van der Waals surface area contributed by atoms with Crippen LogP contribution < -0.4 is 0 Å². The maximum absolute atomic E-state index is 10.2. The molecule has 5 aliphatic rings. The smallest absolute Gasteiger partial charge is 0.165 e. The Morgan fingerprint density at radius 3 is 2.58 bits per heavy atom. The molecule has 0 spiro atoms. The minimum absolute atomic E-state index is 0.0938. The molecule has 1 aliphatic heterocycles. The lowest BCUT2D eigenvalue weighted by molar-refractivity contribution is -0.148. The highest BCUT2D eigenvalue weighted by molar-refractivity contribution is 5.25. The molecule has 0 aromatic carbocycles.